The molecule has 0 aliphatic rings. The number of thiophene rings is 1. The van der Waals surface area contributed by atoms with Crippen molar-refractivity contribution in [1.29, 1.82) is 0 Å². The average molecular weight is 397 g/mol. The summed E-state index contributed by atoms with van der Waals surface area (Å²) >= 11 is 3.07. The molecule has 0 bridgehead atoms. The third-order valence-corrected chi connectivity index (χ3v) is 5.36. The molecule has 0 aliphatic heterocycles. The van der Waals surface area contributed by atoms with Gasteiger partial charge in [0, 0.05) is 21.9 Å². The summed E-state index contributed by atoms with van der Waals surface area (Å²) in [6.07, 6.45) is 0. The van der Waals surface area contributed by atoms with E-state index in [1.54, 1.807) is 11.3 Å². The van der Waals surface area contributed by atoms with Crippen molar-refractivity contribution in [2.45, 2.75) is 20.1 Å². The number of aromatic nitrogens is 5. The minimum absolute atomic E-state index is 0.0912. The van der Waals surface area contributed by atoms with Crippen molar-refractivity contribution < 1.29 is 9.53 Å². The zero-order valence-corrected chi connectivity index (χ0v) is 16.0. The molecule has 9 heteroatoms. The van der Waals surface area contributed by atoms with E-state index in [0.717, 1.165) is 21.8 Å². The SMILES string of the molecule is Cc1ccc(-c2nc(COC(=O)Cn3nnc(-c4ccsc4)n3)cs2)cc1. The van der Waals surface area contributed by atoms with Crippen molar-refractivity contribution in [2.75, 3.05) is 0 Å². The molecule has 0 spiro atoms. The van der Waals surface area contributed by atoms with Crippen molar-refractivity contribution >= 4 is 28.6 Å². The van der Waals surface area contributed by atoms with E-state index < -0.39 is 5.97 Å². The fraction of sp³-hybridized carbons (Fsp3) is 0.167. The van der Waals surface area contributed by atoms with Crippen LogP contribution in [0.1, 0.15) is 11.3 Å². The summed E-state index contributed by atoms with van der Waals surface area (Å²) in [4.78, 5) is 17.8. The number of thiazole rings is 1. The van der Waals surface area contributed by atoms with Crippen molar-refractivity contribution in [1.82, 2.24) is 25.2 Å². The molecule has 0 aliphatic carbocycles. The second-order valence-corrected chi connectivity index (χ2v) is 7.46. The molecule has 4 rings (SSSR count). The first-order valence-electron chi connectivity index (χ1n) is 8.15. The van der Waals surface area contributed by atoms with Crippen LogP contribution in [0.4, 0.5) is 0 Å². The van der Waals surface area contributed by atoms with Crippen molar-refractivity contribution in [3.05, 3.63) is 57.7 Å². The first kappa shape index (κ1) is 17.5. The Morgan fingerprint density at radius 3 is 2.78 bits per heavy atom. The number of aryl methyl sites for hydroxylation is 1. The van der Waals surface area contributed by atoms with E-state index in [1.807, 2.05) is 53.4 Å². The molecule has 4 aromatic rings. The smallest absolute Gasteiger partial charge is 0.330 e. The Kier molecular flexibility index (Phi) is 5.03. The van der Waals surface area contributed by atoms with Gasteiger partial charge in [-0.15, -0.1) is 21.5 Å². The first-order valence-corrected chi connectivity index (χ1v) is 9.97. The number of hydrogen-bond acceptors (Lipinski definition) is 8. The number of carbonyl (C=O) groups excluding carboxylic acids is 1. The molecule has 136 valence electrons. The zero-order valence-electron chi connectivity index (χ0n) is 14.4. The van der Waals surface area contributed by atoms with Crippen LogP contribution in [0.2, 0.25) is 0 Å². The van der Waals surface area contributed by atoms with E-state index in [0.29, 0.717) is 5.82 Å². The highest BCUT2D eigenvalue weighted by Crippen LogP contribution is 2.24. The average Bonchev–Trinajstić information content (AvgIpc) is 3.42. The molecule has 0 saturated heterocycles. The van der Waals surface area contributed by atoms with Crippen LogP contribution >= 0.6 is 22.7 Å². The topological polar surface area (TPSA) is 82.8 Å². The Bertz CT molecular complexity index is 1040. The van der Waals surface area contributed by atoms with Gasteiger partial charge in [-0.1, -0.05) is 29.8 Å². The predicted octanol–water partition coefficient (Wildman–Crippen LogP) is 3.58. The lowest BCUT2D eigenvalue weighted by Crippen LogP contribution is -2.15. The molecule has 0 atom stereocenters. The van der Waals surface area contributed by atoms with Gasteiger partial charge in [0.1, 0.15) is 11.6 Å². The molecule has 1 aromatic carbocycles. The number of hydrogen-bond donors (Lipinski definition) is 0. The highest BCUT2D eigenvalue weighted by atomic mass is 32.1. The Morgan fingerprint density at radius 1 is 1.15 bits per heavy atom. The second kappa shape index (κ2) is 7.77. The van der Waals surface area contributed by atoms with Gasteiger partial charge in [-0.2, -0.15) is 16.1 Å². The monoisotopic (exact) mass is 397 g/mol. The van der Waals surface area contributed by atoms with Gasteiger partial charge in [0.05, 0.1) is 5.69 Å². The fourth-order valence-electron chi connectivity index (χ4n) is 2.34. The Labute approximate surface area is 163 Å². The third kappa shape index (κ3) is 4.26. The van der Waals surface area contributed by atoms with Gasteiger partial charge in [0.25, 0.3) is 0 Å². The van der Waals surface area contributed by atoms with E-state index in [2.05, 4.69) is 20.4 Å². The third-order valence-electron chi connectivity index (χ3n) is 3.73. The lowest BCUT2D eigenvalue weighted by Gasteiger charge is -2.01. The molecule has 0 saturated carbocycles. The van der Waals surface area contributed by atoms with Crippen molar-refractivity contribution in [2.24, 2.45) is 0 Å². The quantitative estimate of drug-likeness (QED) is 0.463. The molecule has 0 fully saturated rings. The number of tetrazole rings is 1. The Morgan fingerprint density at radius 2 is 2.00 bits per heavy atom. The number of carbonyl (C=O) groups is 1. The lowest BCUT2D eigenvalue weighted by molar-refractivity contribution is -0.146. The van der Waals surface area contributed by atoms with Crippen LogP contribution in [0.25, 0.3) is 22.0 Å². The molecular weight excluding hydrogens is 382 g/mol. The first-order chi connectivity index (χ1) is 13.2. The van der Waals surface area contributed by atoms with Gasteiger partial charge in [0.15, 0.2) is 6.54 Å². The van der Waals surface area contributed by atoms with E-state index in [1.165, 1.54) is 21.7 Å². The lowest BCUT2D eigenvalue weighted by atomic mass is 10.2. The minimum atomic E-state index is -0.436. The van der Waals surface area contributed by atoms with Crippen LogP contribution < -0.4 is 0 Å². The van der Waals surface area contributed by atoms with Gasteiger partial charge in [-0.3, -0.25) is 0 Å². The number of benzene rings is 1. The maximum Gasteiger partial charge on any atom is 0.330 e. The van der Waals surface area contributed by atoms with Crippen LogP contribution in [-0.2, 0) is 22.7 Å². The summed E-state index contributed by atoms with van der Waals surface area (Å²) in [5.74, 6) is 0.0560. The molecule has 0 N–H and O–H groups in total. The van der Waals surface area contributed by atoms with Crippen LogP contribution in [0.3, 0.4) is 0 Å². The predicted molar refractivity (Wildman–Crippen MR) is 103 cm³/mol. The van der Waals surface area contributed by atoms with Crippen LogP contribution in [0, 0.1) is 6.92 Å². The highest BCUT2D eigenvalue weighted by molar-refractivity contribution is 7.13. The van der Waals surface area contributed by atoms with Crippen molar-refractivity contribution in [3.63, 3.8) is 0 Å². The summed E-state index contributed by atoms with van der Waals surface area (Å²) in [7, 11) is 0. The summed E-state index contributed by atoms with van der Waals surface area (Å²) in [6.45, 7) is 2.07. The summed E-state index contributed by atoms with van der Waals surface area (Å²) < 4.78 is 5.28. The van der Waals surface area contributed by atoms with E-state index in [-0.39, 0.29) is 13.2 Å². The van der Waals surface area contributed by atoms with Gasteiger partial charge in [-0.25, -0.2) is 9.78 Å². The molecule has 0 radical (unpaired) electrons. The van der Waals surface area contributed by atoms with Gasteiger partial charge in [-0.05, 0) is 23.6 Å². The van der Waals surface area contributed by atoms with Crippen LogP contribution in [0.5, 0.6) is 0 Å². The van der Waals surface area contributed by atoms with Gasteiger partial charge >= 0.3 is 5.97 Å². The molecule has 0 amide bonds. The summed E-state index contributed by atoms with van der Waals surface area (Å²) in [5, 5.41) is 18.7. The zero-order chi connectivity index (χ0) is 18.6. The van der Waals surface area contributed by atoms with Crippen LogP contribution in [0.15, 0.2) is 46.5 Å². The van der Waals surface area contributed by atoms with Crippen molar-refractivity contribution in [3.8, 4) is 22.0 Å². The molecular formula is C18H15N5O2S2. The second-order valence-electron chi connectivity index (χ2n) is 5.83. The summed E-state index contributed by atoms with van der Waals surface area (Å²) in [5.41, 5.74) is 3.85. The van der Waals surface area contributed by atoms with E-state index >= 15 is 0 Å². The molecule has 7 nitrogen and oxygen atoms in total. The number of nitrogens with zero attached hydrogens (tertiary/aromatic N) is 5. The Balaban J connectivity index is 1.32. The molecule has 3 heterocycles. The fourth-order valence-corrected chi connectivity index (χ4v) is 3.78. The normalized spacial score (nSPS) is 10.9. The van der Waals surface area contributed by atoms with Gasteiger partial charge < -0.3 is 4.74 Å². The number of rotatable bonds is 6. The maximum absolute atomic E-state index is 12.0. The van der Waals surface area contributed by atoms with Crippen LogP contribution in [-0.4, -0.2) is 31.2 Å². The highest BCUT2D eigenvalue weighted by Gasteiger charge is 2.12. The van der Waals surface area contributed by atoms with E-state index in [4.69, 9.17) is 4.74 Å². The minimum Gasteiger partial charge on any atom is -0.458 e. The molecule has 0 unspecified atom stereocenters. The largest absolute Gasteiger partial charge is 0.458 e. The molecule has 27 heavy (non-hydrogen) atoms. The number of ether oxygens (including phenoxy) is 1. The maximum atomic E-state index is 12.0. The Hall–Kier alpha value is -2.91. The standard InChI is InChI=1S/C18H15N5O2S2/c1-12-2-4-13(5-3-12)18-19-15(11-27-18)9-25-16(24)8-23-21-17(20-22-23)14-6-7-26-10-14/h2-7,10-11H,8-9H2,1H3. The number of esters is 1. The van der Waals surface area contributed by atoms with E-state index in [9.17, 15) is 4.79 Å². The molecule has 3 aromatic heterocycles. The summed E-state index contributed by atoms with van der Waals surface area (Å²) in [6, 6.07) is 10.1. The van der Waals surface area contributed by atoms with Gasteiger partial charge in [0.2, 0.25) is 5.82 Å².